The molecule has 2 aromatic carbocycles. The smallest absolute Gasteiger partial charge is 0.294 e. The van der Waals surface area contributed by atoms with Crippen LogP contribution >= 0.6 is 8.69 Å². The number of carbonyl (C=O) groups excluding carboxylic acids is 1. The Bertz CT molecular complexity index is 535. The first-order chi connectivity index (χ1) is 10.3. The van der Waals surface area contributed by atoms with Crippen molar-refractivity contribution in [2.24, 2.45) is 0 Å². The average Bonchev–Trinajstić information content (AvgIpc) is 2.54. The molecule has 0 heterocycles. The van der Waals surface area contributed by atoms with Gasteiger partial charge in [0, 0.05) is 17.8 Å². The molecule has 0 radical (unpaired) electrons. The highest BCUT2D eigenvalue weighted by Gasteiger charge is 2.17. The van der Waals surface area contributed by atoms with Crippen LogP contribution in [0.4, 0.5) is 11.4 Å². The van der Waals surface area contributed by atoms with Gasteiger partial charge < -0.3 is 0 Å². The molecular formula is C16H16NO3P. The molecule has 0 N–H and O–H groups in total. The number of rotatable bonds is 7. The number of carbonyl (C=O) groups is 1. The van der Waals surface area contributed by atoms with E-state index in [0.717, 1.165) is 11.4 Å². The van der Waals surface area contributed by atoms with Gasteiger partial charge >= 0.3 is 8.69 Å². The van der Waals surface area contributed by atoms with E-state index in [1.54, 1.807) is 4.90 Å². The largest absolute Gasteiger partial charge is 0.327 e. The lowest BCUT2D eigenvalue weighted by atomic mass is 10.2. The molecule has 108 valence electrons. The lowest BCUT2D eigenvalue weighted by molar-refractivity contribution is -0.118. The fourth-order valence-corrected chi connectivity index (χ4v) is 2.23. The van der Waals surface area contributed by atoms with Gasteiger partial charge in [-0.2, -0.15) is 0 Å². The van der Waals surface area contributed by atoms with E-state index in [1.165, 1.54) is 0 Å². The third-order valence-corrected chi connectivity index (χ3v) is 3.25. The molecule has 2 aromatic rings. The average molecular weight is 301 g/mol. The first kappa shape index (κ1) is 15.4. The number of nitrogens with zero attached hydrogens (tertiary/aromatic N) is 1. The SMILES string of the molecule is O=POCCCC(=O)N(c1ccccc1)c1ccccc1. The molecule has 0 aromatic heterocycles. The van der Waals surface area contributed by atoms with Gasteiger partial charge in [-0.05, 0) is 30.7 Å². The van der Waals surface area contributed by atoms with Gasteiger partial charge in [-0.1, -0.05) is 36.4 Å². The van der Waals surface area contributed by atoms with Gasteiger partial charge in [0.2, 0.25) is 5.91 Å². The second-order valence-electron chi connectivity index (χ2n) is 4.41. The molecule has 0 saturated heterocycles. The Kier molecular flexibility index (Phi) is 6.07. The Morgan fingerprint density at radius 2 is 1.48 bits per heavy atom. The molecular weight excluding hydrogens is 285 g/mol. The van der Waals surface area contributed by atoms with Crippen molar-refractivity contribution in [1.82, 2.24) is 0 Å². The van der Waals surface area contributed by atoms with E-state index >= 15 is 0 Å². The van der Waals surface area contributed by atoms with Gasteiger partial charge in [0.1, 0.15) is 0 Å². The highest BCUT2D eigenvalue weighted by Crippen LogP contribution is 2.26. The minimum atomic E-state index is -0.347. The van der Waals surface area contributed by atoms with Gasteiger partial charge in [0.05, 0.1) is 6.61 Å². The highest BCUT2D eigenvalue weighted by atomic mass is 31.1. The van der Waals surface area contributed by atoms with Gasteiger partial charge in [-0.25, -0.2) is 4.57 Å². The van der Waals surface area contributed by atoms with E-state index in [2.05, 4.69) is 0 Å². The third kappa shape index (κ3) is 4.48. The van der Waals surface area contributed by atoms with Gasteiger partial charge in [-0.3, -0.25) is 14.2 Å². The van der Waals surface area contributed by atoms with Crippen LogP contribution in [0.2, 0.25) is 0 Å². The molecule has 4 nitrogen and oxygen atoms in total. The summed E-state index contributed by atoms with van der Waals surface area (Å²) in [6, 6.07) is 19.0. The van der Waals surface area contributed by atoms with Crippen LogP contribution in [0.25, 0.3) is 0 Å². The van der Waals surface area contributed by atoms with Crippen LogP contribution in [-0.2, 0) is 13.9 Å². The van der Waals surface area contributed by atoms with E-state index in [0.29, 0.717) is 19.4 Å². The Morgan fingerprint density at radius 3 is 1.95 bits per heavy atom. The summed E-state index contributed by atoms with van der Waals surface area (Å²) < 4.78 is 14.9. The van der Waals surface area contributed by atoms with E-state index < -0.39 is 0 Å². The lowest BCUT2D eigenvalue weighted by Gasteiger charge is -2.23. The quantitative estimate of drug-likeness (QED) is 0.564. The summed E-state index contributed by atoms with van der Waals surface area (Å²) in [5.41, 5.74) is 1.66. The zero-order valence-electron chi connectivity index (χ0n) is 11.5. The van der Waals surface area contributed by atoms with Crippen molar-refractivity contribution < 1.29 is 13.9 Å². The van der Waals surface area contributed by atoms with Crippen LogP contribution < -0.4 is 4.90 Å². The first-order valence-corrected chi connectivity index (χ1v) is 7.43. The van der Waals surface area contributed by atoms with Gasteiger partial charge in [0.25, 0.3) is 0 Å². The van der Waals surface area contributed by atoms with Gasteiger partial charge in [0.15, 0.2) is 0 Å². The molecule has 0 aliphatic rings. The number of benzene rings is 2. The van der Waals surface area contributed by atoms with Crippen LogP contribution in [0.15, 0.2) is 60.7 Å². The Hall–Kier alpha value is -2.03. The summed E-state index contributed by atoms with van der Waals surface area (Å²) in [5.74, 6) is -0.0152. The number of amides is 1. The molecule has 0 aliphatic carbocycles. The van der Waals surface area contributed by atoms with Crippen LogP contribution in [0.3, 0.4) is 0 Å². The molecule has 1 amide bonds. The summed E-state index contributed by atoms with van der Waals surface area (Å²) in [7, 11) is -0.347. The summed E-state index contributed by atoms with van der Waals surface area (Å²) in [6.07, 6.45) is 0.865. The van der Waals surface area contributed by atoms with Crippen molar-refractivity contribution in [3.05, 3.63) is 60.7 Å². The predicted molar refractivity (Wildman–Crippen MR) is 82.8 cm³/mol. The second kappa shape index (κ2) is 8.30. The van der Waals surface area contributed by atoms with Crippen molar-refractivity contribution in [3.8, 4) is 0 Å². The van der Waals surface area contributed by atoms with Crippen LogP contribution in [0.5, 0.6) is 0 Å². The maximum absolute atomic E-state index is 12.5. The van der Waals surface area contributed by atoms with Crippen molar-refractivity contribution in [1.29, 1.82) is 0 Å². The maximum atomic E-state index is 12.5. The minimum Gasteiger partial charge on any atom is -0.294 e. The Morgan fingerprint density at radius 1 is 0.952 bits per heavy atom. The van der Waals surface area contributed by atoms with Crippen LogP contribution in [0, 0.1) is 0 Å². The molecule has 0 fully saturated rings. The maximum Gasteiger partial charge on any atom is 0.327 e. The second-order valence-corrected chi connectivity index (χ2v) is 4.82. The first-order valence-electron chi connectivity index (χ1n) is 6.70. The Balaban J connectivity index is 2.17. The molecule has 21 heavy (non-hydrogen) atoms. The minimum absolute atomic E-state index is 0.0152. The summed E-state index contributed by atoms with van der Waals surface area (Å²) in [5, 5.41) is 0. The fourth-order valence-electron chi connectivity index (χ4n) is 2.03. The number of anilines is 2. The highest BCUT2D eigenvalue weighted by molar-refractivity contribution is 7.17. The molecule has 0 bridgehead atoms. The molecule has 2 rings (SSSR count). The lowest BCUT2D eigenvalue weighted by Crippen LogP contribution is -2.25. The summed E-state index contributed by atoms with van der Waals surface area (Å²) in [6.45, 7) is 0.300. The molecule has 0 atom stereocenters. The monoisotopic (exact) mass is 301 g/mol. The van der Waals surface area contributed by atoms with Gasteiger partial charge in [-0.15, -0.1) is 0 Å². The molecule has 0 unspecified atom stereocenters. The van der Waals surface area contributed by atoms with Crippen molar-refractivity contribution in [2.75, 3.05) is 11.5 Å². The standard InChI is InChI=1S/C16H16NO3P/c18-16(12-7-13-20-21-19)17(14-8-3-1-4-9-14)15-10-5-2-6-11-15/h1-6,8-11H,7,12-13H2. The molecule has 0 saturated carbocycles. The van der Waals surface area contributed by atoms with Crippen molar-refractivity contribution in [2.45, 2.75) is 12.8 Å². The zero-order chi connectivity index (χ0) is 14.9. The van der Waals surface area contributed by atoms with Crippen molar-refractivity contribution in [3.63, 3.8) is 0 Å². The topological polar surface area (TPSA) is 46.6 Å². The Labute approximate surface area is 125 Å². The fraction of sp³-hybridized carbons (Fsp3) is 0.188. The molecule has 5 heteroatoms. The van der Waals surface area contributed by atoms with E-state index in [-0.39, 0.29) is 14.6 Å². The summed E-state index contributed by atoms with van der Waals surface area (Å²) >= 11 is 0. The number of hydrogen-bond donors (Lipinski definition) is 0. The van der Waals surface area contributed by atoms with E-state index in [1.807, 2.05) is 60.7 Å². The van der Waals surface area contributed by atoms with Crippen LogP contribution in [0.1, 0.15) is 12.8 Å². The van der Waals surface area contributed by atoms with Crippen LogP contribution in [-0.4, -0.2) is 12.5 Å². The predicted octanol–water partition coefficient (Wildman–Crippen LogP) is 4.35. The summed E-state index contributed by atoms with van der Waals surface area (Å²) in [4.78, 5) is 14.2. The molecule has 0 aliphatic heterocycles. The van der Waals surface area contributed by atoms with Crippen molar-refractivity contribution >= 4 is 26.0 Å². The zero-order valence-corrected chi connectivity index (χ0v) is 12.4. The molecule has 0 spiro atoms. The number of hydrogen-bond acceptors (Lipinski definition) is 3. The third-order valence-electron chi connectivity index (χ3n) is 2.96. The van der Waals surface area contributed by atoms with E-state index in [9.17, 15) is 9.36 Å². The normalized spacial score (nSPS) is 10.5. The number of para-hydroxylation sites is 2. The van der Waals surface area contributed by atoms with E-state index in [4.69, 9.17) is 4.52 Å².